The molecule has 4 heteroatoms. The average molecular weight is 175 g/mol. The zero-order chi connectivity index (χ0) is 8.85. The van der Waals surface area contributed by atoms with E-state index in [-0.39, 0.29) is 12.1 Å². The van der Waals surface area contributed by atoms with E-state index in [4.69, 9.17) is 8.85 Å². The molecule has 0 aromatic heterocycles. The van der Waals surface area contributed by atoms with Gasteiger partial charge in [0.25, 0.3) is 5.97 Å². The summed E-state index contributed by atoms with van der Waals surface area (Å²) >= 11 is 0. The van der Waals surface area contributed by atoms with Crippen molar-refractivity contribution in [3.63, 3.8) is 0 Å². The molecule has 0 spiro atoms. The zero-order valence-corrected chi connectivity index (χ0v) is 8.51. The smallest absolute Gasteiger partial charge is 0.459 e. The molecule has 0 heterocycles. The van der Waals surface area contributed by atoms with Crippen LogP contribution in [0.4, 0.5) is 0 Å². The molecule has 0 bridgehead atoms. The fourth-order valence-corrected chi connectivity index (χ4v) is 1.81. The van der Waals surface area contributed by atoms with Crippen LogP contribution in [-0.2, 0) is 13.6 Å². The van der Waals surface area contributed by atoms with Crippen LogP contribution in [0.5, 0.6) is 0 Å². The minimum Gasteiger partial charge on any atom is -0.492 e. The molecule has 0 aliphatic heterocycles. The Labute approximate surface area is 69.5 Å². The van der Waals surface area contributed by atoms with Crippen molar-refractivity contribution >= 4 is 15.3 Å². The van der Waals surface area contributed by atoms with E-state index in [1.807, 2.05) is 20.8 Å². The SMILES string of the molecule is CC[Si](OC(C)=O)OC(C)C. The molecule has 65 valence electrons. The second-order valence-corrected chi connectivity index (χ2v) is 4.38. The van der Waals surface area contributed by atoms with Crippen molar-refractivity contribution in [3.8, 4) is 0 Å². The lowest BCUT2D eigenvalue weighted by Gasteiger charge is -2.14. The van der Waals surface area contributed by atoms with Crippen molar-refractivity contribution in [1.82, 2.24) is 0 Å². The van der Waals surface area contributed by atoms with Gasteiger partial charge in [0, 0.05) is 19.1 Å². The van der Waals surface area contributed by atoms with Crippen LogP contribution in [-0.4, -0.2) is 21.4 Å². The Morgan fingerprint density at radius 1 is 1.55 bits per heavy atom. The van der Waals surface area contributed by atoms with Gasteiger partial charge < -0.3 is 8.85 Å². The molecule has 0 aromatic carbocycles. The van der Waals surface area contributed by atoms with E-state index in [0.29, 0.717) is 0 Å². The molecule has 1 radical (unpaired) electrons. The molecule has 0 aliphatic rings. The van der Waals surface area contributed by atoms with Gasteiger partial charge in [-0.2, -0.15) is 0 Å². The molecular formula is C7H15O3Si. The number of hydrogen-bond donors (Lipinski definition) is 0. The van der Waals surface area contributed by atoms with Crippen molar-refractivity contribution in [1.29, 1.82) is 0 Å². The topological polar surface area (TPSA) is 35.5 Å². The lowest BCUT2D eigenvalue weighted by atomic mass is 10.5. The van der Waals surface area contributed by atoms with Gasteiger partial charge >= 0.3 is 9.28 Å². The van der Waals surface area contributed by atoms with E-state index in [1.165, 1.54) is 6.92 Å². The molecule has 0 N–H and O–H groups in total. The highest BCUT2D eigenvalue weighted by Crippen LogP contribution is 2.00. The summed E-state index contributed by atoms with van der Waals surface area (Å²) < 4.78 is 10.3. The summed E-state index contributed by atoms with van der Waals surface area (Å²) in [5.41, 5.74) is 0. The first-order chi connectivity index (χ1) is 5.06. The normalized spacial score (nSPS) is 10.7. The van der Waals surface area contributed by atoms with E-state index in [0.717, 1.165) is 6.04 Å². The minimum atomic E-state index is -1.33. The molecule has 0 fully saturated rings. The monoisotopic (exact) mass is 175 g/mol. The van der Waals surface area contributed by atoms with E-state index in [9.17, 15) is 4.79 Å². The second-order valence-electron chi connectivity index (χ2n) is 2.49. The van der Waals surface area contributed by atoms with Gasteiger partial charge in [-0.1, -0.05) is 6.92 Å². The molecular weight excluding hydrogens is 160 g/mol. The summed E-state index contributed by atoms with van der Waals surface area (Å²) in [5.74, 6) is -0.249. The molecule has 0 amide bonds. The molecule has 0 aromatic rings. The van der Waals surface area contributed by atoms with E-state index in [1.54, 1.807) is 0 Å². The highest BCUT2D eigenvalue weighted by atomic mass is 28.3. The summed E-state index contributed by atoms with van der Waals surface area (Å²) in [6.45, 7) is 7.23. The van der Waals surface area contributed by atoms with Gasteiger partial charge in [0.1, 0.15) is 0 Å². The number of rotatable bonds is 4. The van der Waals surface area contributed by atoms with E-state index < -0.39 is 9.28 Å². The number of carbonyl (C=O) groups excluding carboxylic acids is 1. The lowest BCUT2D eigenvalue weighted by Crippen LogP contribution is -2.27. The average Bonchev–Trinajstić information content (AvgIpc) is 1.84. The minimum absolute atomic E-state index is 0.142. The second kappa shape index (κ2) is 5.32. The Morgan fingerprint density at radius 2 is 2.09 bits per heavy atom. The first kappa shape index (κ1) is 10.6. The molecule has 3 nitrogen and oxygen atoms in total. The Balaban J connectivity index is 3.66. The van der Waals surface area contributed by atoms with Crippen molar-refractivity contribution in [2.75, 3.05) is 0 Å². The van der Waals surface area contributed by atoms with Crippen LogP contribution in [0.1, 0.15) is 27.7 Å². The van der Waals surface area contributed by atoms with Crippen LogP contribution < -0.4 is 0 Å². The molecule has 0 unspecified atom stereocenters. The van der Waals surface area contributed by atoms with Crippen LogP contribution in [0.3, 0.4) is 0 Å². The fourth-order valence-electron chi connectivity index (χ4n) is 0.603. The van der Waals surface area contributed by atoms with Gasteiger partial charge in [-0.15, -0.1) is 0 Å². The van der Waals surface area contributed by atoms with Gasteiger partial charge in [0.05, 0.1) is 0 Å². The van der Waals surface area contributed by atoms with Crippen molar-refractivity contribution in [2.24, 2.45) is 0 Å². The summed E-state index contributed by atoms with van der Waals surface area (Å²) in [6.07, 6.45) is 0.142. The fraction of sp³-hybridized carbons (Fsp3) is 0.857. The Morgan fingerprint density at radius 3 is 2.36 bits per heavy atom. The van der Waals surface area contributed by atoms with Gasteiger partial charge in [0.15, 0.2) is 0 Å². The summed E-state index contributed by atoms with van der Waals surface area (Å²) in [6, 6.07) is 0.794. The summed E-state index contributed by atoms with van der Waals surface area (Å²) in [4.78, 5) is 10.5. The highest BCUT2D eigenvalue weighted by molar-refractivity contribution is 6.46. The van der Waals surface area contributed by atoms with Crippen molar-refractivity contribution in [3.05, 3.63) is 0 Å². The molecule has 0 atom stereocenters. The van der Waals surface area contributed by atoms with Crippen molar-refractivity contribution in [2.45, 2.75) is 39.8 Å². The molecule has 0 aliphatic carbocycles. The molecule has 0 rings (SSSR count). The quantitative estimate of drug-likeness (QED) is 0.607. The first-order valence-corrected chi connectivity index (χ1v) is 5.29. The lowest BCUT2D eigenvalue weighted by molar-refractivity contribution is -0.133. The summed E-state index contributed by atoms with van der Waals surface area (Å²) in [5, 5.41) is 0. The largest absolute Gasteiger partial charge is 0.492 e. The predicted molar refractivity (Wildman–Crippen MR) is 44.2 cm³/mol. The van der Waals surface area contributed by atoms with Crippen LogP contribution in [0, 0.1) is 0 Å². The summed E-state index contributed by atoms with van der Waals surface area (Å²) in [7, 11) is -1.33. The standard InChI is InChI=1S/C7H15O3Si/c1-5-11(9-6(2)3)10-7(4)8/h6H,5H2,1-4H3. The van der Waals surface area contributed by atoms with E-state index >= 15 is 0 Å². The zero-order valence-electron chi connectivity index (χ0n) is 7.51. The van der Waals surface area contributed by atoms with Crippen LogP contribution in [0.25, 0.3) is 0 Å². The Hall–Kier alpha value is -0.353. The third-order valence-corrected chi connectivity index (χ3v) is 2.74. The maximum absolute atomic E-state index is 10.5. The van der Waals surface area contributed by atoms with E-state index in [2.05, 4.69) is 0 Å². The molecule has 0 saturated heterocycles. The third-order valence-electron chi connectivity index (χ3n) is 0.913. The maximum Gasteiger partial charge on any atom is 0.459 e. The third kappa shape index (κ3) is 6.06. The highest BCUT2D eigenvalue weighted by Gasteiger charge is 2.17. The van der Waals surface area contributed by atoms with Gasteiger partial charge in [-0.3, -0.25) is 4.79 Å². The number of carbonyl (C=O) groups is 1. The van der Waals surface area contributed by atoms with Crippen LogP contribution in [0.15, 0.2) is 0 Å². The number of hydrogen-bond acceptors (Lipinski definition) is 3. The van der Waals surface area contributed by atoms with Gasteiger partial charge in [-0.25, -0.2) is 0 Å². The van der Waals surface area contributed by atoms with Crippen LogP contribution in [0.2, 0.25) is 6.04 Å². The first-order valence-electron chi connectivity index (χ1n) is 3.77. The maximum atomic E-state index is 10.5. The van der Waals surface area contributed by atoms with Gasteiger partial charge in [-0.05, 0) is 13.8 Å². The van der Waals surface area contributed by atoms with Crippen molar-refractivity contribution < 1.29 is 13.6 Å². The Kier molecular flexibility index (Phi) is 5.15. The molecule has 0 saturated carbocycles. The Bertz CT molecular complexity index is 125. The predicted octanol–water partition coefficient (Wildman–Crippen LogP) is 1.48. The van der Waals surface area contributed by atoms with Crippen LogP contribution >= 0.6 is 0 Å². The molecule has 11 heavy (non-hydrogen) atoms. The van der Waals surface area contributed by atoms with Gasteiger partial charge in [0.2, 0.25) is 0 Å².